The van der Waals surface area contributed by atoms with Crippen LogP contribution in [-0.2, 0) is 6.54 Å². The van der Waals surface area contributed by atoms with Gasteiger partial charge in [0.1, 0.15) is 23.5 Å². The number of hydrogen-bond donors (Lipinski definition) is 1. The number of ether oxygens (including phenoxy) is 2. The summed E-state index contributed by atoms with van der Waals surface area (Å²) >= 11 is 13.0. The van der Waals surface area contributed by atoms with Gasteiger partial charge in [0.05, 0.1) is 23.9 Å². The largest absolute Gasteiger partial charge is 0.493 e. The molecular formula is C25H26Cl2N6O2. The zero-order chi connectivity index (χ0) is 24.4. The number of nitrogens with one attached hydrogen (secondary N) is 1. The van der Waals surface area contributed by atoms with Crippen LogP contribution in [0.15, 0.2) is 42.9 Å². The van der Waals surface area contributed by atoms with Gasteiger partial charge >= 0.3 is 0 Å². The molecule has 0 atom stereocenters. The highest BCUT2D eigenvalue weighted by molar-refractivity contribution is 6.33. The van der Waals surface area contributed by atoms with Crippen LogP contribution in [0, 0.1) is 0 Å². The molecule has 0 bridgehead atoms. The highest BCUT2D eigenvalue weighted by Crippen LogP contribution is 2.41. The van der Waals surface area contributed by atoms with Crippen LogP contribution in [-0.4, -0.2) is 50.3 Å². The third-order valence-corrected chi connectivity index (χ3v) is 6.46. The summed E-state index contributed by atoms with van der Waals surface area (Å²) in [5.41, 5.74) is 2.54. The van der Waals surface area contributed by atoms with Crippen LogP contribution in [0.2, 0.25) is 10.0 Å². The van der Waals surface area contributed by atoms with Gasteiger partial charge in [0, 0.05) is 16.8 Å². The fourth-order valence-corrected chi connectivity index (χ4v) is 4.20. The Morgan fingerprint density at radius 1 is 1.11 bits per heavy atom. The van der Waals surface area contributed by atoms with E-state index in [1.807, 2.05) is 35.9 Å². The number of benzene rings is 1. The standard InChI is InChI=1S/C25H26Cl2N6O2/c1-25(7-8-25)35-24-21-23(30-15-31-24)33(14-17-12-16(26)6-10-29-17)22(32-21)19-5-4-18(13-20(19)27)34-11-3-9-28-2/h4-6,10,12-13,15,28H,3,7-9,11,14H2,1-2H3. The molecule has 1 aliphatic carbocycles. The molecule has 3 aromatic heterocycles. The number of aromatic nitrogens is 5. The topological polar surface area (TPSA) is 87.0 Å². The van der Waals surface area contributed by atoms with Crippen molar-refractivity contribution in [1.82, 2.24) is 29.8 Å². The first-order valence-electron chi connectivity index (χ1n) is 11.5. The molecule has 0 aliphatic heterocycles. The Morgan fingerprint density at radius 3 is 2.71 bits per heavy atom. The zero-order valence-corrected chi connectivity index (χ0v) is 21.1. The van der Waals surface area contributed by atoms with E-state index in [0.29, 0.717) is 51.8 Å². The maximum absolute atomic E-state index is 6.74. The molecule has 1 saturated carbocycles. The molecule has 5 rings (SSSR count). The van der Waals surface area contributed by atoms with E-state index in [0.717, 1.165) is 37.1 Å². The summed E-state index contributed by atoms with van der Waals surface area (Å²) in [5, 5.41) is 4.24. The quantitative estimate of drug-likeness (QED) is 0.293. The van der Waals surface area contributed by atoms with Gasteiger partial charge in [-0.1, -0.05) is 23.2 Å². The Morgan fingerprint density at radius 2 is 1.97 bits per heavy atom. The van der Waals surface area contributed by atoms with E-state index in [4.69, 9.17) is 37.7 Å². The fourth-order valence-electron chi connectivity index (χ4n) is 3.76. The van der Waals surface area contributed by atoms with E-state index < -0.39 is 0 Å². The van der Waals surface area contributed by atoms with Crippen LogP contribution in [0.3, 0.4) is 0 Å². The lowest BCUT2D eigenvalue weighted by Crippen LogP contribution is -2.13. The molecule has 0 unspecified atom stereocenters. The van der Waals surface area contributed by atoms with Crippen LogP contribution in [0.4, 0.5) is 0 Å². The fraction of sp³-hybridized carbons (Fsp3) is 0.360. The van der Waals surface area contributed by atoms with Crippen LogP contribution in [0.5, 0.6) is 11.6 Å². The molecule has 0 amide bonds. The average Bonchev–Trinajstić information content (AvgIpc) is 3.45. The summed E-state index contributed by atoms with van der Waals surface area (Å²) in [7, 11) is 1.92. The molecule has 182 valence electrons. The van der Waals surface area contributed by atoms with Crippen LogP contribution in [0.25, 0.3) is 22.6 Å². The highest BCUT2D eigenvalue weighted by atomic mass is 35.5. The number of fused-ring (bicyclic) bond motifs is 1. The van der Waals surface area contributed by atoms with Gasteiger partial charge in [0.2, 0.25) is 5.88 Å². The Hall–Kier alpha value is -2.94. The Bertz CT molecular complexity index is 1360. The predicted octanol–water partition coefficient (Wildman–Crippen LogP) is 5.16. The third kappa shape index (κ3) is 5.34. The minimum atomic E-state index is -0.205. The van der Waals surface area contributed by atoms with E-state index in [-0.39, 0.29) is 5.60 Å². The van der Waals surface area contributed by atoms with Gasteiger partial charge in [-0.2, -0.15) is 4.98 Å². The van der Waals surface area contributed by atoms with Crippen molar-refractivity contribution in [2.75, 3.05) is 20.2 Å². The van der Waals surface area contributed by atoms with E-state index in [1.54, 1.807) is 12.3 Å². The SMILES string of the molecule is CNCCCOc1ccc(-c2nc3c(OC4(C)CC4)ncnc3n2Cc2cc(Cl)ccn2)c(Cl)c1. The van der Waals surface area contributed by atoms with Crippen LogP contribution < -0.4 is 14.8 Å². The van der Waals surface area contributed by atoms with Gasteiger partial charge in [-0.15, -0.1) is 0 Å². The molecule has 35 heavy (non-hydrogen) atoms. The monoisotopic (exact) mass is 512 g/mol. The van der Waals surface area contributed by atoms with E-state index in [2.05, 4.69) is 27.2 Å². The number of halogens is 2. The van der Waals surface area contributed by atoms with Crippen molar-refractivity contribution >= 4 is 34.4 Å². The Labute approximate surface area is 213 Å². The summed E-state index contributed by atoms with van der Waals surface area (Å²) in [4.78, 5) is 18.3. The first kappa shape index (κ1) is 23.8. The predicted molar refractivity (Wildman–Crippen MR) is 136 cm³/mol. The van der Waals surface area contributed by atoms with Crippen molar-refractivity contribution in [1.29, 1.82) is 0 Å². The van der Waals surface area contributed by atoms with E-state index >= 15 is 0 Å². The smallest absolute Gasteiger partial charge is 0.245 e. The Balaban J connectivity index is 1.56. The summed E-state index contributed by atoms with van der Waals surface area (Å²) in [6.07, 6.45) is 6.06. The van der Waals surface area contributed by atoms with Gasteiger partial charge in [-0.05, 0) is 70.1 Å². The van der Waals surface area contributed by atoms with Crippen molar-refractivity contribution in [2.45, 2.75) is 38.3 Å². The summed E-state index contributed by atoms with van der Waals surface area (Å²) < 4.78 is 14.0. The van der Waals surface area contributed by atoms with Gasteiger partial charge < -0.3 is 19.4 Å². The molecule has 4 aromatic rings. The molecule has 1 aromatic carbocycles. The molecule has 0 saturated heterocycles. The van der Waals surface area contributed by atoms with Crippen molar-refractivity contribution in [3.05, 3.63) is 58.6 Å². The molecule has 1 fully saturated rings. The average molecular weight is 513 g/mol. The first-order valence-corrected chi connectivity index (χ1v) is 12.3. The van der Waals surface area contributed by atoms with Gasteiger partial charge in [-0.25, -0.2) is 9.97 Å². The second kappa shape index (κ2) is 9.97. The molecule has 10 heteroatoms. The number of hydrogen-bond acceptors (Lipinski definition) is 7. The van der Waals surface area contributed by atoms with Gasteiger partial charge in [0.15, 0.2) is 11.2 Å². The van der Waals surface area contributed by atoms with Crippen LogP contribution in [0.1, 0.15) is 31.9 Å². The number of pyridine rings is 1. The molecule has 3 heterocycles. The summed E-state index contributed by atoms with van der Waals surface area (Å²) in [6.45, 7) is 3.96. The van der Waals surface area contributed by atoms with Crippen molar-refractivity contribution < 1.29 is 9.47 Å². The second-order valence-corrected chi connectivity index (χ2v) is 9.68. The molecule has 8 nitrogen and oxygen atoms in total. The van der Waals surface area contributed by atoms with E-state index in [9.17, 15) is 0 Å². The van der Waals surface area contributed by atoms with Crippen molar-refractivity contribution in [2.24, 2.45) is 0 Å². The lowest BCUT2D eigenvalue weighted by atomic mass is 10.2. The first-order chi connectivity index (χ1) is 17.0. The molecule has 1 aliphatic rings. The van der Waals surface area contributed by atoms with Crippen LogP contribution >= 0.6 is 23.2 Å². The normalized spacial score (nSPS) is 14.3. The molecule has 0 radical (unpaired) electrons. The number of rotatable bonds is 10. The lowest BCUT2D eigenvalue weighted by molar-refractivity contribution is 0.194. The molecule has 0 spiro atoms. The number of nitrogens with zero attached hydrogens (tertiary/aromatic N) is 5. The highest BCUT2D eigenvalue weighted by Gasteiger charge is 2.41. The van der Waals surface area contributed by atoms with Gasteiger partial charge in [-0.3, -0.25) is 4.98 Å². The summed E-state index contributed by atoms with van der Waals surface area (Å²) in [6, 6.07) is 9.19. The molecular weight excluding hydrogens is 487 g/mol. The number of imidazole rings is 1. The maximum atomic E-state index is 6.74. The lowest BCUT2D eigenvalue weighted by Gasteiger charge is -2.12. The van der Waals surface area contributed by atoms with Gasteiger partial charge in [0.25, 0.3) is 0 Å². The van der Waals surface area contributed by atoms with E-state index in [1.165, 1.54) is 6.33 Å². The third-order valence-electron chi connectivity index (χ3n) is 5.92. The second-order valence-electron chi connectivity index (χ2n) is 8.84. The Kier molecular flexibility index (Phi) is 6.77. The summed E-state index contributed by atoms with van der Waals surface area (Å²) in [5.74, 6) is 1.81. The van der Waals surface area contributed by atoms with Crippen molar-refractivity contribution in [3.63, 3.8) is 0 Å². The minimum Gasteiger partial charge on any atom is -0.493 e. The molecule has 1 N–H and O–H groups in total. The van der Waals surface area contributed by atoms with Crippen molar-refractivity contribution in [3.8, 4) is 23.0 Å². The minimum absolute atomic E-state index is 0.205. The zero-order valence-electron chi connectivity index (χ0n) is 19.6. The maximum Gasteiger partial charge on any atom is 0.245 e.